The van der Waals surface area contributed by atoms with Crippen LogP contribution in [0.1, 0.15) is 40.2 Å². The molecule has 0 radical (unpaired) electrons. The quantitative estimate of drug-likeness (QED) is 0.707. The van der Waals surface area contributed by atoms with E-state index in [1.807, 2.05) is 17.0 Å². The molecule has 1 fully saturated rings. The molecule has 1 aromatic carbocycles. The lowest BCUT2D eigenvalue weighted by molar-refractivity contribution is -0.122. The number of carbonyl (C=O) groups is 2. The van der Waals surface area contributed by atoms with Gasteiger partial charge in [-0.25, -0.2) is 9.67 Å². The van der Waals surface area contributed by atoms with Gasteiger partial charge in [0.15, 0.2) is 5.13 Å². The molecule has 2 amide bonds. The zero-order chi connectivity index (χ0) is 19.8. The second-order valence-corrected chi connectivity index (χ2v) is 8.37. The summed E-state index contributed by atoms with van der Waals surface area (Å²) < 4.78 is 1.52. The largest absolute Gasteiger partial charge is 0.333 e. The Bertz CT molecular complexity index is 1060. The van der Waals surface area contributed by atoms with Crippen LogP contribution in [0.25, 0.3) is 5.69 Å². The lowest BCUT2D eigenvalue weighted by Gasteiger charge is -2.26. The van der Waals surface area contributed by atoms with E-state index in [2.05, 4.69) is 25.8 Å². The number of hydrogen-bond donors (Lipinski definition) is 1. The van der Waals surface area contributed by atoms with Crippen molar-refractivity contribution in [2.24, 2.45) is 5.92 Å². The number of rotatable bonds is 4. The molecule has 0 bridgehead atoms. The molecule has 0 unspecified atom stereocenters. The first kappa shape index (κ1) is 17.9. The second kappa shape index (κ2) is 7.36. The fraction of sp³-hybridized carbons (Fsp3) is 0.368. The summed E-state index contributed by atoms with van der Waals surface area (Å²) in [5.41, 5.74) is 2.30. The van der Waals surface area contributed by atoms with Gasteiger partial charge < -0.3 is 10.2 Å². The molecule has 29 heavy (non-hydrogen) atoms. The minimum atomic E-state index is -0.0426. The summed E-state index contributed by atoms with van der Waals surface area (Å²) in [5, 5.41) is 14.7. The Morgan fingerprint density at radius 1 is 1.24 bits per heavy atom. The number of nitrogens with one attached hydrogen (secondary N) is 1. The Kier molecular flexibility index (Phi) is 4.55. The SMILES string of the molecule is O=C(Nc1nc2c(s1)CN(C(=O)c1cccc(-n3cnnn3)c1)CC2)C1CCC1. The van der Waals surface area contributed by atoms with Gasteiger partial charge in [0, 0.05) is 29.3 Å². The summed E-state index contributed by atoms with van der Waals surface area (Å²) in [7, 11) is 0. The third kappa shape index (κ3) is 3.51. The van der Waals surface area contributed by atoms with Crippen molar-refractivity contribution < 1.29 is 9.59 Å². The number of hydrogen-bond acceptors (Lipinski definition) is 7. The highest BCUT2D eigenvalue weighted by Crippen LogP contribution is 2.32. The van der Waals surface area contributed by atoms with Crippen LogP contribution in [0.5, 0.6) is 0 Å². The molecule has 1 N–H and O–H groups in total. The number of anilines is 1. The number of fused-ring (bicyclic) bond motifs is 1. The van der Waals surface area contributed by atoms with Crippen molar-refractivity contribution in [1.82, 2.24) is 30.1 Å². The van der Waals surface area contributed by atoms with E-state index < -0.39 is 0 Å². The Balaban J connectivity index is 1.30. The van der Waals surface area contributed by atoms with Crippen LogP contribution in [0.15, 0.2) is 30.6 Å². The molecule has 0 saturated heterocycles. The molecule has 9 nitrogen and oxygen atoms in total. The smallest absolute Gasteiger partial charge is 0.254 e. The predicted molar refractivity (Wildman–Crippen MR) is 106 cm³/mol. The number of tetrazole rings is 1. The summed E-state index contributed by atoms with van der Waals surface area (Å²) in [4.78, 5) is 32.6. The van der Waals surface area contributed by atoms with Crippen LogP contribution in [0.2, 0.25) is 0 Å². The van der Waals surface area contributed by atoms with E-state index in [-0.39, 0.29) is 17.7 Å². The molecule has 1 aliphatic heterocycles. The Morgan fingerprint density at radius 3 is 2.90 bits per heavy atom. The molecule has 3 aromatic rings. The maximum absolute atomic E-state index is 13.0. The minimum Gasteiger partial charge on any atom is -0.333 e. The number of aromatic nitrogens is 5. The van der Waals surface area contributed by atoms with Crippen LogP contribution in [-0.4, -0.2) is 48.5 Å². The van der Waals surface area contributed by atoms with Gasteiger partial charge in [0.05, 0.1) is 17.9 Å². The van der Waals surface area contributed by atoms with Gasteiger partial charge in [-0.1, -0.05) is 23.8 Å². The molecule has 148 valence electrons. The van der Waals surface area contributed by atoms with E-state index >= 15 is 0 Å². The van der Waals surface area contributed by atoms with Gasteiger partial charge in [0.2, 0.25) is 5.91 Å². The maximum atomic E-state index is 13.0. The standard InChI is InChI=1S/C19H19N7O2S/c27-17(12-3-1-4-12)22-19-21-15-7-8-25(10-16(15)29-19)18(28)13-5-2-6-14(9-13)26-11-20-23-24-26/h2,5-6,9,11-12H,1,3-4,7-8,10H2,(H,21,22,27). The normalized spacial score (nSPS) is 16.2. The molecule has 0 atom stereocenters. The van der Waals surface area contributed by atoms with Crippen molar-refractivity contribution in [3.63, 3.8) is 0 Å². The van der Waals surface area contributed by atoms with Gasteiger partial charge in [0.25, 0.3) is 5.91 Å². The fourth-order valence-electron chi connectivity index (χ4n) is 3.54. The molecule has 2 aliphatic rings. The van der Waals surface area contributed by atoms with Crippen molar-refractivity contribution in [1.29, 1.82) is 0 Å². The van der Waals surface area contributed by atoms with Crippen LogP contribution in [0.3, 0.4) is 0 Å². The first-order chi connectivity index (χ1) is 14.2. The molecular formula is C19H19N7O2S. The predicted octanol–water partition coefficient (Wildman–Crippen LogP) is 2.06. The molecule has 2 aromatic heterocycles. The van der Waals surface area contributed by atoms with E-state index in [4.69, 9.17) is 0 Å². The van der Waals surface area contributed by atoms with E-state index in [0.29, 0.717) is 30.2 Å². The summed E-state index contributed by atoms with van der Waals surface area (Å²) >= 11 is 1.47. The zero-order valence-corrected chi connectivity index (χ0v) is 16.4. The molecule has 10 heteroatoms. The zero-order valence-electron chi connectivity index (χ0n) is 15.6. The van der Waals surface area contributed by atoms with Gasteiger partial charge >= 0.3 is 0 Å². The number of amides is 2. The van der Waals surface area contributed by atoms with Crippen molar-refractivity contribution in [3.8, 4) is 5.69 Å². The summed E-state index contributed by atoms with van der Waals surface area (Å²) in [6.07, 6.45) is 5.22. The van der Waals surface area contributed by atoms with Crippen LogP contribution in [0, 0.1) is 5.92 Å². The van der Waals surface area contributed by atoms with Crippen LogP contribution in [-0.2, 0) is 17.8 Å². The Labute approximate surface area is 170 Å². The highest BCUT2D eigenvalue weighted by molar-refractivity contribution is 7.15. The monoisotopic (exact) mass is 409 g/mol. The third-order valence-electron chi connectivity index (χ3n) is 5.43. The van der Waals surface area contributed by atoms with Gasteiger partial charge in [-0.3, -0.25) is 9.59 Å². The third-order valence-corrected chi connectivity index (χ3v) is 6.43. The fourth-order valence-corrected chi connectivity index (χ4v) is 4.57. The molecule has 5 rings (SSSR count). The van der Waals surface area contributed by atoms with Crippen molar-refractivity contribution in [2.75, 3.05) is 11.9 Å². The van der Waals surface area contributed by atoms with Crippen molar-refractivity contribution >= 4 is 28.3 Å². The minimum absolute atomic E-state index is 0.0426. The van der Waals surface area contributed by atoms with Crippen molar-refractivity contribution in [2.45, 2.75) is 32.2 Å². The topological polar surface area (TPSA) is 106 Å². The van der Waals surface area contributed by atoms with E-state index in [0.717, 1.165) is 35.5 Å². The molecule has 1 aliphatic carbocycles. The Morgan fingerprint density at radius 2 is 2.14 bits per heavy atom. The maximum Gasteiger partial charge on any atom is 0.254 e. The van der Waals surface area contributed by atoms with Crippen molar-refractivity contribution in [3.05, 3.63) is 46.7 Å². The first-order valence-electron chi connectivity index (χ1n) is 9.59. The van der Waals surface area contributed by atoms with Crippen LogP contribution in [0.4, 0.5) is 5.13 Å². The number of benzene rings is 1. The molecule has 1 saturated carbocycles. The molecule has 3 heterocycles. The Hall–Kier alpha value is -3.14. The summed E-state index contributed by atoms with van der Waals surface area (Å²) in [6, 6.07) is 7.25. The van der Waals surface area contributed by atoms with Gasteiger partial charge in [-0.15, -0.1) is 5.10 Å². The highest BCUT2D eigenvalue weighted by Gasteiger charge is 2.28. The number of carbonyl (C=O) groups excluding carboxylic acids is 2. The van der Waals surface area contributed by atoms with Gasteiger partial charge in [0.1, 0.15) is 6.33 Å². The number of nitrogens with zero attached hydrogens (tertiary/aromatic N) is 6. The second-order valence-electron chi connectivity index (χ2n) is 7.29. The summed E-state index contributed by atoms with van der Waals surface area (Å²) in [5.74, 6) is 0.148. The molecular weight excluding hydrogens is 390 g/mol. The average Bonchev–Trinajstić information content (AvgIpc) is 3.35. The average molecular weight is 409 g/mol. The van der Waals surface area contributed by atoms with E-state index in [9.17, 15) is 9.59 Å². The van der Waals surface area contributed by atoms with Crippen LogP contribution < -0.4 is 5.32 Å². The number of thiazole rings is 1. The van der Waals surface area contributed by atoms with E-state index in [1.54, 1.807) is 12.1 Å². The molecule has 0 spiro atoms. The van der Waals surface area contributed by atoms with Gasteiger partial charge in [-0.2, -0.15) is 0 Å². The lowest BCUT2D eigenvalue weighted by Crippen LogP contribution is -2.35. The summed E-state index contributed by atoms with van der Waals surface area (Å²) in [6.45, 7) is 1.10. The highest BCUT2D eigenvalue weighted by atomic mass is 32.1. The van der Waals surface area contributed by atoms with E-state index in [1.165, 1.54) is 22.3 Å². The lowest BCUT2D eigenvalue weighted by atomic mass is 9.85. The van der Waals surface area contributed by atoms with Crippen LogP contribution >= 0.6 is 11.3 Å². The first-order valence-corrected chi connectivity index (χ1v) is 10.4. The van der Waals surface area contributed by atoms with Gasteiger partial charge in [-0.05, 0) is 41.5 Å².